The molecular weight excluding hydrogens is 499 g/mol. The number of nitrogens with one attached hydrogen (secondary N) is 3. The van der Waals surface area contributed by atoms with Crippen LogP contribution in [-0.4, -0.2) is 55.6 Å². The van der Waals surface area contributed by atoms with Gasteiger partial charge in [0.15, 0.2) is 17.3 Å². The van der Waals surface area contributed by atoms with Crippen molar-refractivity contribution in [3.63, 3.8) is 0 Å². The summed E-state index contributed by atoms with van der Waals surface area (Å²) in [4.78, 5) is 32.5. The maximum atomic E-state index is 12.9. The van der Waals surface area contributed by atoms with E-state index in [1.54, 1.807) is 48.5 Å². The summed E-state index contributed by atoms with van der Waals surface area (Å²) >= 11 is 0. The van der Waals surface area contributed by atoms with E-state index in [1.807, 2.05) is 0 Å². The second kappa shape index (κ2) is 12.6. The molecule has 38 heavy (non-hydrogen) atoms. The average Bonchev–Trinajstić information content (AvgIpc) is 3.29. The molecule has 0 aliphatic heterocycles. The number of hydrogen-bond acceptors (Lipinski definition) is 9. The minimum Gasteiger partial charge on any atom is -0.493 e. The quantitative estimate of drug-likeness (QED) is 0.160. The number of H-pyrrole nitrogens is 1. The fraction of sp³-hybridized carbons (Fsp3) is 0.167. The number of ether oxygens (including phenoxy) is 2. The number of carboxylic acids is 1. The van der Waals surface area contributed by atoms with Gasteiger partial charge in [-0.25, -0.2) is 19.2 Å². The van der Waals surface area contributed by atoms with Crippen LogP contribution >= 0.6 is 0 Å². The van der Waals surface area contributed by atoms with E-state index in [1.165, 1.54) is 19.5 Å². The molecule has 198 valence electrons. The number of alkyl halides is 1. The van der Waals surface area contributed by atoms with Gasteiger partial charge >= 0.3 is 5.69 Å². The molecule has 0 amide bonds. The summed E-state index contributed by atoms with van der Waals surface area (Å²) in [6.45, 7) is 0.0429. The van der Waals surface area contributed by atoms with Crippen molar-refractivity contribution in [2.45, 2.75) is 13.0 Å². The molecule has 0 aliphatic carbocycles. The van der Waals surface area contributed by atoms with Gasteiger partial charge in [0, 0.05) is 30.6 Å². The number of aromatic nitrogens is 5. The molecular formula is C24H25FN8O5. The molecule has 0 bridgehead atoms. The molecule has 0 saturated heterocycles. The number of methoxy groups -OCH3 is 1. The van der Waals surface area contributed by atoms with Crippen molar-refractivity contribution in [3.8, 4) is 17.4 Å². The molecule has 1 atom stereocenters. The van der Waals surface area contributed by atoms with E-state index in [9.17, 15) is 9.18 Å². The minimum absolute atomic E-state index is 0.0581. The maximum absolute atomic E-state index is 12.9. The summed E-state index contributed by atoms with van der Waals surface area (Å²) in [6, 6.07) is 12.7. The number of nitrogens with zero attached hydrogens (tertiary/aromatic N) is 4. The van der Waals surface area contributed by atoms with E-state index in [0.29, 0.717) is 22.6 Å². The highest BCUT2D eigenvalue weighted by atomic mass is 19.1. The fourth-order valence-electron chi connectivity index (χ4n) is 3.27. The highest BCUT2D eigenvalue weighted by Crippen LogP contribution is 2.33. The van der Waals surface area contributed by atoms with E-state index in [4.69, 9.17) is 30.5 Å². The Kier molecular flexibility index (Phi) is 9.07. The molecule has 2 heterocycles. The Morgan fingerprint density at radius 2 is 1.87 bits per heavy atom. The first-order valence-electron chi connectivity index (χ1n) is 11.0. The highest BCUT2D eigenvalue weighted by Gasteiger charge is 2.22. The van der Waals surface area contributed by atoms with Gasteiger partial charge < -0.3 is 25.6 Å². The molecule has 2 aromatic heterocycles. The number of rotatable bonds is 9. The van der Waals surface area contributed by atoms with Crippen molar-refractivity contribution in [1.29, 1.82) is 5.41 Å². The zero-order valence-electron chi connectivity index (χ0n) is 20.4. The molecule has 1 unspecified atom stereocenters. The molecule has 2 aromatic carbocycles. The summed E-state index contributed by atoms with van der Waals surface area (Å²) in [7, 11) is 1.45. The molecule has 6 N–H and O–H groups in total. The van der Waals surface area contributed by atoms with Crippen LogP contribution in [0.2, 0.25) is 0 Å². The molecule has 0 aliphatic rings. The SMILES string of the molecule is CC(=O)O.COc1ccc(C(Nc2ccc(C(=N)N)cc2)c2nn(-c3ncccn3)c(=O)[nH]2)cc1OCF. The lowest BCUT2D eigenvalue weighted by Crippen LogP contribution is -2.18. The van der Waals surface area contributed by atoms with Gasteiger partial charge in [0.2, 0.25) is 6.86 Å². The summed E-state index contributed by atoms with van der Waals surface area (Å²) in [5.41, 5.74) is 6.83. The predicted molar refractivity (Wildman–Crippen MR) is 136 cm³/mol. The summed E-state index contributed by atoms with van der Waals surface area (Å²) in [5, 5.41) is 22.6. The number of carboxylic acid groups (broad SMARTS) is 1. The van der Waals surface area contributed by atoms with E-state index in [0.717, 1.165) is 11.6 Å². The molecule has 0 fully saturated rings. The third-order valence-corrected chi connectivity index (χ3v) is 4.89. The Morgan fingerprint density at radius 3 is 2.45 bits per heavy atom. The van der Waals surface area contributed by atoms with Crippen molar-refractivity contribution in [2.24, 2.45) is 5.73 Å². The van der Waals surface area contributed by atoms with Gasteiger partial charge in [-0.15, -0.1) is 9.78 Å². The van der Waals surface area contributed by atoms with E-state index >= 15 is 0 Å². The molecule has 0 saturated carbocycles. The number of aliphatic carboxylic acids is 1. The van der Waals surface area contributed by atoms with Crippen LogP contribution in [0.25, 0.3) is 5.95 Å². The van der Waals surface area contributed by atoms with Crippen molar-refractivity contribution < 1.29 is 23.8 Å². The van der Waals surface area contributed by atoms with Gasteiger partial charge in [0.05, 0.1) is 7.11 Å². The highest BCUT2D eigenvalue weighted by molar-refractivity contribution is 5.95. The Balaban J connectivity index is 0.000000934. The Morgan fingerprint density at radius 1 is 1.21 bits per heavy atom. The van der Waals surface area contributed by atoms with Crippen molar-refractivity contribution >= 4 is 17.5 Å². The largest absolute Gasteiger partial charge is 0.493 e. The number of amidine groups is 1. The molecule has 14 heteroatoms. The van der Waals surface area contributed by atoms with Gasteiger partial charge in [-0.05, 0) is 48.0 Å². The number of nitrogens with two attached hydrogens (primary N) is 1. The van der Waals surface area contributed by atoms with Crippen LogP contribution < -0.4 is 26.2 Å². The molecule has 0 radical (unpaired) electrons. The maximum Gasteiger partial charge on any atom is 0.350 e. The zero-order valence-corrected chi connectivity index (χ0v) is 20.4. The second-order valence-electron chi connectivity index (χ2n) is 7.53. The first kappa shape index (κ1) is 27.3. The van der Waals surface area contributed by atoms with Crippen molar-refractivity contribution in [1.82, 2.24) is 24.7 Å². The lowest BCUT2D eigenvalue weighted by Gasteiger charge is -2.20. The first-order chi connectivity index (χ1) is 18.2. The normalized spacial score (nSPS) is 11.0. The molecule has 0 spiro atoms. The van der Waals surface area contributed by atoms with Crippen LogP contribution in [0, 0.1) is 5.41 Å². The van der Waals surface area contributed by atoms with Gasteiger partial charge in [-0.3, -0.25) is 15.2 Å². The Bertz CT molecular complexity index is 1440. The number of hydrogen-bond donors (Lipinski definition) is 5. The lowest BCUT2D eigenvalue weighted by molar-refractivity contribution is -0.134. The number of anilines is 1. The fourth-order valence-corrected chi connectivity index (χ4v) is 3.27. The zero-order chi connectivity index (χ0) is 27.7. The van der Waals surface area contributed by atoms with Gasteiger partial charge in [0.1, 0.15) is 11.9 Å². The van der Waals surface area contributed by atoms with Crippen LogP contribution in [-0.2, 0) is 4.79 Å². The lowest BCUT2D eigenvalue weighted by atomic mass is 10.0. The Labute approximate surface area is 215 Å². The third-order valence-electron chi connectivity index (χ3n) is 4.89. The van der Waals surface area contributed by atoms with Gasteiger partial charge in [-0.1, -0.05) is 6.07 Å². The number of benzene rings is 2. The van der Waals surface area contributed by atoms with Crippen LogP contribution in [0.1, 0.15) is 29.9 Å². The molecule has 4 aromatic rings. The summed E-state index contributed by atoms with van der Waals surface area (Å²) in [6.07, 6.45) is 3.00. The number of halogens is 1. The smallest absolute Gasteiger partial charge is 0.350 e. The van der Waals surface area contributed by atoms with Crippen molar-refractivity contribution in [2.75, 3.05) is 19.3 Å². The van der Waals surface area contributed by atoms with Gasteiger partial charge in [0.25, 0.3) is 11.9 Å². The van der Waals surface area contributed by atoms with E-state index in [-0.39, 0.29) is 23.4 Å². The minimum atomic E-state index is -1.04. The molecule has 13 nitrogen and oxygen atoms in total. The van der Waals surface area contributed by atoms with Crippen molar-refractivity contribution in [3.05, 3.63) is 88.4 Å². The van der Waals surface area contributed by atoms with Crippen LogP contribution in [0.4, 0.5) is 10.1 Å². The van der Waals surface area contributed by atoms with Crippen LogP contribution in [0.3, 0.4) is 0 Å². The van der Waals surface area contributed by atoms with Gasteiger partial charge in [-0.2, -0.15) is 0 Å². The predicted octanol–water partition coefficient (Wildman–Crippen LogP) is 2.24. The topological polar surface area (TPSA) is 194 Å². The second-order valence-corrected chi connectivity index (χ2v) is 7.53. The number of nitrogen functional groups attached to an aromatic ring is 1. The molecule has 4 rings (SSSR count). The van der Waals surface area contributed by atoms with Crippen LogP contribution in [0.15, 0.2) is 65.7 Å². The summed E-state index contributed by atoms with van der Waals surface area (Å²) in [5.74, 6) is 0.00878. The average molecular weight is 525 g/mol. The standard InChI is InChI=1S/C22H21FN8O3.C2H4O2/c1-33-16-8-5-14(11-17(16)34-12-23)18(28-15-6-3-13(4-7-15)19(24)25)20-29-22(32)31(30-20)21-26-9-2-10-27-21;1-2(3)4/h2-11,18,28H,12H2,1H3,(H3,24,25)(H,29,30,32);1H3,(H,3,4). The third kappa shape index (κ3) is 6.90. The first-order valence-corrected chi connectivity index (χ1v) is 11.0. The van der Waals surface area contributed by atoms with E-state index in [2.05, 4.69) is 25.4 Å². The Hall–Kier alpha value is -5.27. The van der Waals surface area contributed by atoms with E-state index < -0.39 is 24.6 Å². The monoisotopic (exact) mass is 524 g/mol. The number of carbonyl (C=O) groups is 1. The van der Waals surface area contributed by atoms with Crippen LogP contribution in [0.5, 0.6) is 11.5 Å². The number of aromatic amines is 1. The summed E-state index contributed by atoms with van der Waals surface area (Å²) < 4.78 is 24.3.